The van der Waals surface area contributed by atoms with Crippen LogP contribution >= 0.6 is 0 Å². The predicted octanol–water partition coefficient (Wildman–Crippen LogP) is -0.201. The summed E-state index contributed by atoms with van der Waals surface area (Å²) in [5.41, 5.74) is 7.23. The quantitative estimate of drug-likeness (QED) is 0.680. The van der Waals surface area contributed by atoms with Crippen LogP contribution < -0.4 is 16.0 Å². The number of carbonyl (C=O) groups excluding carboxylic acids is 1. The van der Waals surface area contributed by atoms with E-state index in [2.05, 4.69) is 10.3 Å². The maximum Gasteiger partial charge on any atom is 0.243 e. The third-order valence-corrected chi connectivity index (χ3v) is 2.15. The fraction of sp³-hybridized carbons (Fsp3) is 0.333. The van der Waals surface area contributed by atoms with Gasteiger partial charge in [-0.25, -0.2) is 0 Å². The fourth-order valence-corrected chi connectivity index (χ4v) is 1.56. The minimum Gasteiger partial charge on any atom is -0.359 e. The van der Waals surface area contributed by atoms with Gasteiger partial charge in [-0.1, -0.05) is 0 Å². The molecule has 5 heteroatoms. The Morgan fingerprint density at radius 2 is 2.50 bits per heavy atom. The van der Waals surface area contributed by atoms with E-state index in [1.54, 1.807) is 12.4 Å². The van der Waals surface area contributed by atoms with Gasteiger partial charge >= 0.3 is 0 Å². The highest BCUT2D eigenvalue weighted by Gasteiger charge is 2.20. The SMILES string of the molecule is NCCN1CC(=O)Nc2cnccc21. The van der Waals surface area contributed by atoms with Gasteiger partial charge in [0, 0.05) is 19.3 Å². The monoisotopic (exact) mass is 192 g/mol. The molecule has 0 saturated heterocycles. The van der Waals surface area contributed by atoms with E-state index < -0.39 is 0 Å². The van der Waals surface area contributed by atoms with E-state index >= 15 is 0 Å². The zero-order chi connectivity index (χ0) is 9.97. The van der Waals surface area contributed by atoms with Crippen LogP contribution in [0.3, 0.4) is 0 Å². The number of fused-ring (bicyclic) bond motifs is 1. The van der Waals surface area contributed by atoms with Crippen molar-refractivity contribution in [2.75, 3.05) is 29.9 Å². The van der Waals surface area contributed by atoms with Crippen LogP contribution in [0.25, 0.3) is 0 Å². The van der Waals surface area contributed by atoms with E-state index in [1.807, 2.05) is 11.0 Å². The molecule has 0 fully saturated rings. The van der Waals surface area contributed by atoms with Gasteiger partial charge in [0.15, 0.2) is 0 Å². The van der Waals surface area contributed by atoms with Crippen molar-refractivity contribution in [3.8, 4) is 0 Å². The molecule has 5 nitrogen and oxygen atoms in total. The maximum absolute atomic E-state index is 11.3. The first-order valence-corrected chi connectivity index (χ1v) is 4.50. The topological polar surface area (TPSA) is 71.2 Å². The van der Waals surface area contributed by atoms with Crippen LogP contribution in [-0.2, 0) is 4.79 Å². The van der Waals surface area contributed by atoms with E-state index in [1.165, 1.54) is 0 Å². The van der Waals surface area contributed by atoms with Gasteiger partial charge in [-0.3, -0.25) is 9.78 Å². The van der Waals surface area contributed by atoms with Crippen LogP contribution in [-0.4, -0.2) is 30.5 Å². The summed E-state index contributed by atoms with van der Waals surface area (Å²) >= 11 is 0. The lowest BCUT2D eigenvalue weighted by Gasteiger charge is -2.29. The van der Waals surface area contributed by atoms with Crippen molar-refractivity contribution in [1.82, 2.24) is 4.98 Å². The lowest BCUT2D eigenvalue weighted by molar-refractivity contribution is -0.115. The summed E-state index contributed by atoms with van der Waals surface area (Å²) in [6.45, 7) is 1.59. The number of nitrogens with zero attached hydrogens (tertiary/aromatic N) is 2. The molecule has 0 saturated carbocycles. The smallest absolute Gasteiger partial charge is 0.243 e. The number of nitrogens with one attached hydrogen (secondary N) is 1. The van der Waals surface area contributed by atoms with Crippen LogP contribution in [0.1, 0.15) is 0 Å². The Balaban J connectivity index is 2.33. The minimum atomic E-state index is -0.0149. The largest absolute Gasteiger partial charge is 0.359 e. The molecule has 1 aliphatic heterocycles. The van der Waals surface area contributed by atoms with Crippen molar-refractivity contribution in [2.45, 2.75) is 0 Å². The number of nitrogens with two attached hydrogens (primary N) is 1. The van der Waals surface area contributed by atoms with Gasteiger partial charge in [0.05, 0.1) is 24.1 Å². The maximum atomic E-state index is 11.3. The summed E-state index contributed by atoms with van der Waals surface area (Å²) in [6.07, 6.45) is 3.36. The highest BCUT2D eigenvalue weighted by Crippen LogP contribution is 2.27. The molecule has 14 heavy (non-hydrogen) atoms. The van der Waals surface area contributed by atoms with Crippen molar-refractivity contribution >= 4 is 17.3 Å². The molecule has 0 aromatic carbocycles. The molecule has 0 bridgehead atoms. The molecular formula is C9H12N4O. The van der Waals surface area contributed by atoms with Crippen molar-refractivity contribution in [3.63, 3.8) is 0 Å². The molecule has 3 N–H and O–H groups in total. The molecule has 0 radical (unpaired) electrons. The van der Waals surface area contributed by atoms with Crippen molar-refractivity contribution in [2.24, 2.45) is 5.73 Å². The molecule has 2 rings (SSSR count). The van der Waals surface area contributed by atoms with Crippen LogP contribution in [0, 0.1) is 0 Å². The number of aromatic nitrogens is 1. The molecule has 0 aliphatic carbocycles. The van der Waals surface area contributed by atoms with Gasteiger partial charge in [-0.15, -0.1) is 0 Å². The molecule has 0 spiro atoms. The highest BCUT2D eigenvalue weighted by molar-refractivity contribution is 6.00. The summed E-state index contributed by atoms with van der Waals surface area (Å²) < 4.78 is 0. The lowest BCUT2D eigenvalue weighted by Crippen LogP contribution is -2.40. The second kappa shape index (κ2) is 3.63. The van der Waals surface area contributed by atoms with E-state index in [9.17, 15) is 4.79 Å². The van der Waals surface area contributed by atoms with Crippen LogP contribution in [0.2, 0.25) is 0 Å². The molecular weight excluding hydrogens is 180 g/mol. The van der Waals surface area contributed by atoms with Crippen molar-refractivity contribution in [1.29, 1.82) is 0 Å². The molecule has 1 aliphatic rings. The normalized spacial score (nSPS) is 14.9. The Morgan fingerprint density at radius 3 is 3.29 bits per heavy atom. The third-order valence-electron chi connectivity index (χ3n) is 2.15. The Kier molecular flexibility index (Phi) is 2.32. The van der Waals surface area contributed by atoms with Gasteiger partial charge in [-0.2, -0.15) is 0 Å². The molecule has 0 atom stereocenters. The fourth-order valence-electron chi connectivity index (χ4n) is 1.56. The number of carbonyl (C=O) groups is 1. The van der Waals surface area contributed by atoms with Crippen molar-refractivity contribution in [3.05, 3.63) is 18.5 Å². The zero-order valence-electron chi connectivity index (χ0n) is 7.73. The lowest BCUT2D eigenvalue weighted by atomic mass is 10.2. The predicted molar refractivity (Wildman–Crippen MR) is 54.1 cm³/mol. The van der Waals surface area contributed by atoms with Gasteiger partial charge in [0.25, 0.3) is 0 Å². The molecule has 1 aromatic heterocycles. The van der Waals surface area contributed by atoms with Crippen LogP contribution in [0.15, 0.2) is 18.5 Å². The number of pyridine rings is 1. The minimum absolute atomic E-state index is 0.0149. The van der Waals surface area contributed by atoms with E-state index in [-0.39, 0.29) is 5.91 Å². The molecule has 2 heterocycles. The van der Waals surface area contributed by atoms with Crippen molar-refractivity contribution < 1.29 is 4.79 Å². The Hall–Kier alpha value is -1.62. The number of hydrogen-bond donors (Lipinski definition) is 2. The molecule has 1 amide bonds. The second-order valence-corrected chi connectivity index (χ2v) is 3.15. The van der Waals surface area contributed by atoms with Gasteiger partial charge in [0.2, 0.25) is 5.91 Å². The van der Waals surface area contributed by atoms with Gasteiger partial charge in [-0.05, 0) is 6.07 Å². The van der Waals surface area contributed by atoms with E-state index in [0.29, 0.717) is 19.6 Å². The summed E-state index contributed by atoms with van der Waals surface area (Å²) in [5, 5.41) is 2.76. The van der Waals surface area contributed by atoms with Crippen LogP contribution in [0.4, 0.5) is 11.4 Å². The first-order valence-electron chi connectivity index (χ1n) is 4.50. The Morgan fingerprint density at radius 1 is 1.64 bits per heavy atom. The number of hydrogen-bond acceptors (Lipinski definition) is 4. The standard InChI is InChI=1S/C9H12N4O/c10-2-4-13-6-9(14)12-7-5-11-3-1-8(7)13/h1,3,5H,2,4,6,10H2,(H,12,14). The second-order valence-electron chi connectivity index (χ2n) is 3.15. The summed E-state index contributed by atoms with van der Waals surface area (Å²) in [6, 6.07) is 1.88. The van der Waals surface area contributed by atoms with Gasteiger partial charge in [0.1, 0.15) is 0 Å². The average Bonchev–Trinajstić information content (AvgIpc) is 2.18. The van der Waals surface area contributed by atoms with Crippen LogP contribution in [0.5, 0.6) is 0 Å². The summed E-state index contributed by atoms with van der Waals surface area (Å²) in [4.78, 5) is 17.2. The van der Waals surface area contributed by atoms with E-state index in [0.717, 1.165) is 11.4 Å². The molecule has 0 unspecified atom stereocenters. The van der Waals surface area contributed by atoms with E-state index in [4.69, 9.17) is 5.73 Å². The van der Waals surface area contributed by atoms with Gasteiger partial charge < -0.3 is 16.0 Å². The highest BCUT2D eigenvalue weighted by atomic mass is 16.2. The summed E-state index contributed by atoms with van der Waals surface area (Å²) in [7, 11) is 0. The average molecular weight is 192 g/mol. The number of anilines is 2. The zero-order valence-corrected chi connectivity index (χ0v) is 7.73. The first kappa shape index (κ1) is 8.96. The molecule has 1 aromatic rings. The summed E-state index contributed by atoms with van der Waals surface area (Å²) in [5.74, 6) is -0.0149. The number of rotatable bonds is 2. The Bertz CT molecular complexity index is 352. The number of amides is 1. The first-order chi connectivity index (χ1) is 6.81. The molecule has 74 valence electrons. The third kappa shape index (κ3) is 1.54. The Labute approximate surface area is 81.9 Å².